The normalized spacial score (nSPS) is 21.2. The molecule has 6 amide bonds. The van der Waals surface area contributed by atoms with E-state index >= 15 is 0 Å². The Kier molecular flexibility index (Phi) is 8.72. The highest BCUT2D eigenvalue weighted by molar-refractivity contribution is 8.01. The van der Waals surface area contributed by atoms with E-state index in [0.29, 0.717) is 15.6 Å². The van der Waals surface area contributed by atoms with E-state index in [-0.39, 0.29) is 48.1 Å². The van der Waals surface area contributed by atoms with Gasteiger partial charge in [-0.15, -0.1) is 16.9 Å². The van der Waals surface area contributed by atoms with Crippen molar-refractivity contribution in [1.82, 2.24) is 45.5 Å². The van der Waals surface area contributed by atoms with Crippen molar-refractivity contribution in [2.75, 3.05) is 31.1 Å². The summed E-state index contributed by atoms with van der Waals surface area (Å²) in [7, 11) is 1.62. The first-order chi connectivity index (χ1) is 21.4. The van der Waals surface area contributed by atoms with Crippen molar-refractivity contribution in [2.24, 2.45) is 7.05 Å². The highest BCUT2D eigenvalue weighted by Crippen LogP contribution is 2.41. The maximum Gasteiger partial charge on any atom is 0.352 e. The van der Waals surface area contributed by atoms with Gasteiger partial charge in [0.2, 0.25) is 10.9 Å². The molecule has 3 atom stereocenters. The molecule has 0 aliphatic carbocycles. The number of β-lactam (4-membered cyclic amide) rings is 1. The van der Waals surface area contributed by atoms with Crippen molar-refractivity contribution >= 4 is 59.2 Å². The molecular weight excluding hydrogens is 634 g/mol. The topological polar surface area (TPSA) is 240 Å². The Labute approximate surface area is 262 Å². The molecule has 1 aromatic carbocycles. The van der Waals surface area contributed by atoms with Gasteiger partial charge in [-0.25, -0.2) is 14.3 Å². The summed E-state index contributed by atoms with van der Waals surface area (Å²) in [4.78, 5) is 80.0. The van der Waals surface area contributed by atoms with Crippen molar-refractivity contribution in [3.05, 3.63) is 41.1 Å². The quantitative estimate of drug-likeness (QED) is 0.0845. The van der Waals surface area contributed by atoms with Crippen LogP contribution in [0.25, 0.3) is 0 Å². The summed E-state index contributed by atoms with van der Waals surface area (Å²) in [5.74, 6) is -5.32. The monoisotopic (exact) mass is 661 g/mol. The largest absolute Gasteiger partial charge is 0.508 e. The minimum Gasteiger partial charge on any atom is -0.508 e. The highest BCUT2D eigenvalue weighted by atomic mass is 32.2. The number of phenolic OH excluding ortho intramolecular Hbond substituents is 1. The Bertz CT molecular complexity index is 1610. The maximum atomic E-state index is 13.6. The molecule has 18 nitrogen and oxygen atoms in total. The Morgan fingerprint density at radius 2 is 1.84 bits per heavy atom. The van der Waals surface area contributed by atoms with Crippen molar-refractivity contribution in [3.63, 3.8) is 0 Å². The van der Waals surface area contributed by atoms with Gasteiger partial charge in [-0.05, 0) is 47.2 Å². The second kappa shape index (κ2) is 12.4. The molecule has 3 aliphatic rings. The van der Waals surface area contributed by atoms with Crippen LogP contribution in [0.5, 0.6) is 5.75 Å². The minimum atomic E-state index is -2.88. The first-order valence-corrected chi connectivity index (χ1v) is 15.4. The number of imide groups is 1. The number of tetrazole rings is 1. The van der Waals surface area contributed by atoms with Gasteiger partial charge in [0.05, 0.1) is 0 Å². The van der Waals surface area contributed by atoms with Gasteiger partial charge >= 0.3 is 23.8 Å². The predicted molar refractivity (Wildman–Crippen MR) is 154 cm³/mol. The molecule has 20 heteroatoms. The van der Waals surface area contributed by atoms with E-state index in [0.717, 1.165) is 29.2 Å². The zero-order valence-corrected chi connectivity index (χ0v) is 25.4. The summed E-state index contributed by atoms with van der Waals surface area (Å²) in [5, 5.41) is 46.5. The second-order valence-electron chi connectivity index (χ2n) is 10.0. The van der Waals surface area contributed by atoms with E-state index in [2.05, 4.69) is 26.2 Å². The molecule has 45 heavy (non-hydrogen) atoms. The second-order valence-corrected chi connectivity index (χ2v) is 12.1. The lowest BCUT2D eigenvalue weighted by Crippen LogP contribution is -2.73. The van der Waals surface area contributed by atoms with Gasteiger partial charge in [-0.1, -0.05) is 11.8 Å². The molecule has 1 aromatic heterocycles. The van der Waals surface area contributed by atoms with Crippen LogP contribution in [-0.2, 0) is 36.7 Å². The van der Waals surface area contributed by atoms with Crippen molar-refractivity contribution in [3.8, 4) is 5.75 Å². The van der Waals surface area contributed by atoms with E-state index in [9.17, 15) is 44.1 Å². The van der Waals surface area contributed by atoms with Crippen LogP contribution in [0.4, 0.5) is 4.79 Å². The fourth-order valence-electron chi connectivity index (χ4n) is 4.89. The van der Waals surface area contributed by atoms with Gasteiger partial charge in [0.25, 0.3) is 11.8 Å². The summed E-state index contributed by atoms with van der Waals surface area (Å²) in [6, 6.07) is 2.03. The fourth-order valence-corrected chi connectivity index (χ4v) is 7.23. The van der Waals surface area contributed by atoms with E-state index in [1.807, 2.05) is 0 Å². The van der Waals surface area contributed by atoms with Gasteiger partial charge in [0.1, 0.15) is 22.9 Å². The summed E-state index contributed by atoms with van der Waals surface area (Å²) >= 11 is 2.37. The molecule has 2 saturated heterocycles. The number of amides is 6. The smallest absolute Gasteiger partial charge is 0.352 e. The van der Waals surface area contributed by atoms with E-state index in [1.54, 1.807) is 14.0 Å². The lowest BCUT2D eigenvalue weighted by Gasteiger charge is -2.50. The summed E-state index contributed by atoms with van der Waals surface area (Å²) in [6.07, 6.45) is 0. The van der Waals surface area contributed by atoms with Gasteiger partial charge in [-0.3, -0.25) is 34.3 Å². The number of carbonyl (C=O) groups excluding carboxylic acids is 5. The Morgan fingerprint density at radius 3 is 2.47 bits per heavy atom. The number of hydrogen-bond donors (Lipinski definition) is 5. The summed E-state index contributed by atoms with van der Waals surface area (Å²) in [6.45, 7) is 1.74. The first-order valence-electron chi connectivity index (χ1n) is 13.4. The van der Waals surface area contributed by atoms with Gasteiger partial charge in [0.15, 0.2) is 0 Å². The number of benzene rings is 1. The number of rotatable bonds is 9. The number of nitrogens with zero attached hydrogens (tertiary/aromatic N) is 7. The zero-order chi connectivity index (χ0) is 32.6. The number of carbonyl (C=O) groups is 6. The van der Waals surface area contributed by atoms with Crippen LogP contribution in [0.2, 0.25) is 0 Å². The van der Waals surface area contributed by atoms with Crippen molar-refractivity contribution in [1.29, 1.82) is 0 Å². The standard InChI is InChI=1S/C25H27N9O9S2/c1-3-32-8-9-33(19(38)18(32)37)23(42)27-25(43,13-4-6-14(35)7-5-13)22(41)26-15-17(36)34-16(21(39)40)12(10-44-20(15)34)11-45-24-28-29-30-31(24)2/h4-7,15,20,35,43H,3,8-11H2,1-2H3,(H,26,41)(H,27,42)(H,39,40)/t15-,20-,25?/m1/s1. The number of aromatic nitrogens is 4. The number of piperazine rings is 1. The third kappa shape index (κ3) is 5.78. The molecule has 0 saturated carbocycles. The van der Waals surface area contributed by atoms with E-state index in [1.165, 1.54) is 33.1 Å². The maximum absolute atomic E-state index is 13.6. The number of carboxylic acids is 1. The molecular formula is C25H27N9O9S2. The lowest BCUT2D eigenvalue weighted by molar-refractivity contribution is -0.156. The predicted octanol–water partition coefficient (Wildman–Crippen LogP) is -2.01. The molecule has 4 heterocycles. The number of phenols is 1. The Hall–Kier alpha value is -4.69. The number of aryl methyl sites for hydroxylation is 1. The Balaban J connectivity index is 1.35. The number of aromatic hydroxyl groups is 1. The zero-order valence-electron chi connectivity index (χ0n) is 23.7. The van der Waals surface area contributed by atoms with E-state index in [4.69, 9.17) is 0 Å². The van der Waals surface area contributed by atoms with Crippen LogP contribution in [0.3, 0.4) is 0 Å². The molecule has 5 N–H and O–H groups in total. The van der Waals surface area contributed by atoms with Crippen LogP contribution < -0.4 is 10.6 Å². The van der Waals surface area contributed by atoms with E-state index < -0.39 is 52.8 Å². The molecule has 2 fully saturated rings. The van der Waals surface area contributed by atoms with Gasteiger partial charge in [0, 0.05) is 43.8 Å². The fraction of sp³-hybridized carbons (Fsp3) is 0.400. The number of aliphatic carboxylic acids is 1. The molecule has 1 unspecified atom stereocenters. The van der Waals surface area contributed by atoms with Crippen LogP contribution in [0.1, 0.15) is 12.5 Å². The first kappa shape index (κ1) is 31.7. The third-order valence-corrected chi connectivity index (χ3v) is 9.77. The van der Waals surface area contributed by atoms with Gasteiger partial charge in [-0.2, -0.15) is 0 Å². The van der Waals surface area contributed by atoms with Gasteiger partial charge < -0.3 is 25.5 Å². The number of fused-ring (bicyclic) bond motifs is 1. The number of nitrogens with one attached hydrogen (secondary N) is 2. The molecule has 2 aromatic rings. The highest BCUT2D eigenvalue weighted by Gasteiger charge is 2.56. The molecule has 0 bridgehead atoms. The van der Waals surface area contributed by atoms with Crippen LogP contribution in [0.15, 0.2) is 40.7 Å². The molecule has 3 aliphatic heterocycles. The number of aliphatic hydroxyl groups is 1. The third-order valence-electron chi connectivity index (χ3n) is 7.33. The van der Waals surface area contributed by atoms with Crippen LogP contribution >= 0.6 is 23.5 Å². The van der Waals surface area contributed by atoms with Crippen LogP contribution in [-0.4, -0.2) is 128 Å². The number of carboxylic acid groups (broad SMARTS) is 1. The SMILES string of the molecule is CCN1CCN(C(=O)NC(O)(C(=O)N[C@@H]2C(=O)N3C(C(=O)O)=C(CSc4nnnn4C)CS[C@H]23)c2ccc(O)cc2)C(=O)C1=O. The number of urea groups is 1. The molecule has 238 valence electrons. The van der Waals surface area contributed by atoms with Crippen molar-refractivity contribution in [2.45, 2.75) is 29.2 Å². The van der Waals surface area contributed by atoms with Crippen molar-refractivity contribution < 1.29 is 44.1 Å². The molecule has 5 rings (SSSR count). The minimum absolute atomic E-state index is 0.0407. The average molecular weight is 662 g/mol. The number of hydrogen-bond acceptors (Lipinski definition) is 13. The van der Waals surface area contributed by atoms with Crippen LogP contribution in [0, 0.1) is 0 Å². The molecule has 0 radical (unpaired) electrons. The molecule has 0 spiro atoms. The number of likely N-dealkylation sites (N-methyl/N-ethyl adjacent to an activating group) is 1. The Morgan fingerprint density at radius 1 is 1.13 bits per heavy atom. The number of thioether (sulfide) groups is 2. The average Bonchev–Trinajstić information content (AvgIpc) is 3.43. The summed E-state index contributed by atoms with van der Waals surface area (Å²) in [5.41, 5.74) is -2.92. The lowest BCUT2D eigenvalue weighted by atomic mass is 9.98. The summed E-state index contributed by atoms with van der Waals surface area (Å²) < 4.78 is 1.41.